The molecule has 0 bridgehead atoms. The molecule has 2 aromatic heterocycles. The van der Waals surface area contributed by atoms with E-state index < -0.39 is 0 Å². The van der Waals surface area contributed by atoms with Crippen molar-refractivity contribution in [1.29, 1.82) is 0 Å². The van der Waals surface area contributed by atoms with Gasteiger partial charge in [-0.15, -0.1) is 5.10 Å². The summed E-state index contributed by atoms with van der Waals surface area (Å²) in [5.41, 5.74) is 6.58. The Morgan fingerprint density at radius 2 is 2.26 bits per heavy atom. The molecule has 1 atom stereocenters. The minimum absolute atomic E-state index is 0.0997. The van der Waals surface area contributed by atoms with Crippen LogP contribution in [-0.4, -0.2) is 21.7 Å². The summed E-state index contributed by atoms with van der Waals surface area (Å²) in [7, 11) is 1.67. The number of aromatic nitrogens is 3. The van der Waals surface area contributed by atoms with Crippen LogP contribution in [0.1, 0.15) is 28.6 Å². The fourth-order valence-corrected chi connectivity index (χ4v) is 2.55. The maximum Gasteiger partial charge on any atom is 0.128 e. The predicted molar refractivity (Wildman–Crippen MR) is 73.9 cm³/mol. The van der Waals surface area contributed by atoms with Crippen molar-refractivity contribution in [1.82, 2.24) is 20.0 Å². The summed E-state index contributed by atoms with van der Waals surface area (Å²) >= 11 is 1.31. The summed E-state index contributed by atoms with van der Waals surface area (Å²) in [5.74, 6) is 6.46. The lowest BCUT2D eigenvalue weighted by molar-refractivity contribution is 0.406. The van der Waals surface area contributed by atoms with Crippen LogP contribution in [0, 0.1) is 13.8 Å². The first kappa shape index (κ1) is 13.9. The zero-order chi connectivity index (χ0) is 13.8. The third kappa shape index (κ3) is 2.89. The molecule has 2 aromatic rings. The fraction of sp³-hybridized carbons (Fsp3) is 0.417. The summed E-state index contributed by atoms with van der Waals surface area (Å²) in [5, 5.41) is 5.92. The second kappa shape index (κ2) is 6.05. The van der Waals surface area contributed by atoms with Crippen LogP contribution in [0.3, 0.4) is 0 Å². The van der Waals surface area contributed by atoms with Gasteiger partial charge in [-0.1, -0.05) is 4.49 Å². The van der Waals surface area contributed by atoms with Crippen LogP contribution in [0.4, 0.5) is 0 Å². The van der Waals surface area contributed by atoms with Gasteiger partial charge in [-0.05, 0) is 25.4 Å². The number of methoxy groups -OCH3 is 1. The van der Waals surface area contributed by atoms with Crippen molar-refractivity contribution in [3.63, 3.8) is 0 Å². The largest absolute Gasteiger partial charge is 0.496 e. The number of aryl methyl sites for hydroxylation is 1. The molecular weight excluding hydrogens is 262 g/mol. The maximum absolute atomic E-state index is 5.59. The van der Waals surface area contributed by atoms with Gasteiger partial charge in [-0.25, -0.2) is 0 Å². The van der Waals surface area contributed by atoms with Gasteiger partial charge in [0.2, 0.25) is 0 Å². The molecule has 0 saturated heterocycles. The summed E-state index contributed by atoms with van der Waals surface area (Å²) < 4.78 is 9.26. The van der Waals surface area contributed by atoms with E-state index in [9.17, 15) is 0 Å². The molecule has 0 spiro atoms. The van der Waals surface area contributed by atoms with E-state index in [1.54, 1.807) is 7.11 Å². The number of nitrogens with one attached hydrogen (secondary N) is 1. The van der Waals surface area contributed by atoms with E-state index in [0.29, 0.717) is 6.42 Å². The van der Waals surface area contributed by atoms with E-state index in [-0.39, 0.29) is 6.04 Å². The van der Waals surface area contributed by atoms with Gasteiger partial charge in [-0.3, -0.25) is 16.3 Å². The van der Waals surface area contributed by atoms with E-state index >= 15 is 0 Å². The Bertz CT molecular complexity index is 543. The average molecular weight is 279 g/mol. The quantitative estimate of drug-likeness (QED) is 0.634. The zero-order valence-corrected chi connectivity index (χ0v) is 12.0. The molecule has 0 saturated carbocycles. The third-order valence-electron chi connectivity index (χ3n) is 3.08. The number of hydrogen-bond donors (Lipinski definition) is 2. The first-order chi connectivity index (χ1) is 9.17. The van der Waals surface area contributed by atoms with Crippen molar-refractivity contribution in [3.8, 4) is 5.75 Å². The molecule has 3 N–H and O–H groups in total. The van der Waals surface area contributed by atoms with Gasteiger partial charge in [-0.2, -0.15) is 0 Å². The molecule has 2 rings (SSSR count). The number of hydrogen-bond acceptors (Lipinski definition) is 7. The Kier molecular flexibility index (Phi) is 4.41. The minimum Gasteiger partial charge on any atom is -0.496 e. The smallest absolute Gasteiger partial charge is 0.128 e. The predicted octanol–water partition coefficient (Wildman–Crippen LogP) is 1.31. The van der Waals surface area contributed by atoms with E-state index in [0.717, 1.165) is 28.3 Å². The van der Waals surface area contributed by atoms with Crippen LogP contribution >= 0.6 is 11.5 Å². The molecule has 2 heterocycles. The summed E-state index contributed by atoms with van der Waals surface area (Å²) in [6.07, 6.45) is 2.46. The van der Waals surface area contributed by atoms with Gasteiger partial charge < -0.3 is 4.74 Å². The second-order valence-electron chi connectivity index (χ2n) is 4.30. The lowest BCUT2D eigenvalue weighted by Gasteiger charge is -2.16. The molecule has 7 heteroatoms. The van der Waals surface area contributed by atoms with Crippen LogP contribution in [0.2, 0.25) is 0 Å². The summed E-state index contributed by atoms with van der Waals surface area (Å²) in [6, 6.07) is -0.0997. The van der Waals surface area contributed by atoms with Crippen LogP contribution in [0.15, 0.2) is 11.6 Å². The van der Waals surface area contributed by atoms with Crippen molar-refractivity contribution in [3.05, 3.63) is 34.1 Å². The Morgan fingerprint density at radius 1 is 1.47 bits per heavy atom. The SMILES string of the molecule is COc1c(C)cnc(CC(NN)c2csnn2)c1C. The Balaban J connectivity index is 2.28. The van der Waals surface area contributed by atoms with Crippen LogP contribution < -0.4 is 16.0 Å². The van der Waals surface area contributed by atoms with Crippen molar-refractivity contribution in [2.75, 3.05) is 7.11 Å². The lowest BCUT2D eigenvalue weighted by Crippen LogP contribution is -2.30. The zero-order valence-electron chi connectivity index (χ0n) is 11.2. The second-order valence-corrected chi connectivity index (χ2v) is 4.91. The standard InChI is InChI=1S/C12H17N5OS/c1-7-5-14-9(8(2)12(7)18-3)4-10(15-13)11-6-19-17-16-11/h5-6,10,15H,4,13H2,1-3H3. The molecule has 0 amide bonds. The number of pyridine rings is 1. The topological polar surface area (TPSA) is 86.0 Å². The number of nitrogens with zero attached hydrogens (tertiary/aromatic N) is 3. The Morgan fingerprint density at radius 3 is 2.84 bits per heavy atom. The summed E-state index contributed by atoms with van der Waals surface area (Å²) in [6.45, 7) is 3.98. The van der Waals surface area contributed by atoms with Crippen molar-refractivity contribution in [2.45, 2.75) is 26.3 Å². The highest BCUT2D eigenvalue weighted by atomic mass is 32.1. The summed E-state index contributed by atoms with van der Waals surface area (Å²) in [4.78, 5) is 4.46. The molecule has 0 aliphatic rings. The van der Waals surface area contributed by atoms with E-state index in [2.05, 4.69) is 20.0 Å². The van der Waals surface area contributed by atoms with Crippen molar-refractivity contribution >= 4 is 11.5 Å². The molecule has 102 valence electrons. The normalized spacial score (nSPS) is 12.4. The third-order valence-corrected chi connectivity index (χ3v) is 3.61. The molecular formula is C12H17N5OS. The van der Waals surface area contributed by atoms with Gasteiger partial charge >= 0.3 is 0 Å². The van der Waals surface area contributed by atoms with Gasteiger partial charge in [0.05, 0.1) is 18.8 Å². The maximum atomic E-state index is 5.59. The Labute approximate surface area is 116 Å². The number of ether oxygens (including phenoxy) is 1. The fourth-order valence-electron chi connectivity index (χ4n) is 2.04. The molecule has 6 nitrogen and oxygen atoms in total. The number of hydrazine groups is 1. The lowest BCUT2D eigenvalue weighted by atomic mass is 10.0. The van der Waals surface area contributed by atoms with Gasteiger partial charge in [0.15, 0.2) is 0 Å². The molecule has 1 unspecified atom stereocenters. The average Bonchev–Trinajstić information content (AvgIpc) is 2.92. The van der Waals surface area contributed by atoms with Crippen molar-refractivity contribution < 1.29 is 4.74 Å². The molecule has 0 aromatic carbocycles. The van der Waals surface area contributed by atoms with Gasteiger partial charge in [0.25, 0.3) is 0 Å². The van der Waals surface area contributed by atoms with Crippen LogP contribution in [0.25, 0.3) is 0 Å². The minimum atomic E-state index is -0.0997. The highest BCUT2D eigenvalue weighted by Crippen LogP contribution is 2.26. The van der Waals surface area contributed by atoms with Gasteiger partial charge in [0.1, 0.15) is 5.75 Å². The van der Waals surface area contributed by atoms with Gasteiger partial charge in [0, 0.05) is 34.8 Å². The molecule has 0 aliphatic carbocycles. The first-order valence-corrected chi connectivity index (χ1v) is 6.73. The van der Waals surface area contributed by atoms with Crippen LogP contribution in [-0.2, 0) is 6.42 Å². The number of rotatable bonds is 5. The van der Waals surface area contributed by atoms with E-state index in [1.807, 2.05) is 25.4 Å². The van der Waals surface area contributed by atoms with Crippen molar-refractivity contribution in [2.24, 2.45) is 5.84 Å². The van der Waals surface area contributed by atoms with E-state index in [4.69, 9.17) is 10.6 Å². The Hall–Kier alpha value is -1.57. The molecule has 0 radical (unpaired) electrons. The van der Waals surface area contributed by atoms with E-state index in [1.165, 1.54) is 11.5 Å². The highest BCUT2D eigenvalue weighted by Gasteiger charge is 2.17. The van der Waals surface area contributed by atoms with Crippen LogP contribution in [0.5, 0.6) is 5.75 Å². The molecule has 0 fully saturated rings. The molecule has 0 aliphatic heterocycles. The molecule has 19 heavy (non-hydrogen) atoms. The monoisotopic (exact) mass is 279 g/mol. The highest BCUT2D eigenvalue weighted by molar-refractivity contribution is 7.03. The first-order valence-electron chi connectivity index (χ1n) is 5.89. The number of nitrogens with two attached hydrogens (primary N) is 1.